The van der Waals surface area contributed by atoms with Gasteiger partial charge in [0.15, 0.2) is 0 Å². The number of hydrogen-bond donors (Lipinski definition) is 1. The molecule has 20 heavy (non-hydrogen) atoms. The van der Waals surface area contributed by atoms with Gasteiger partial charge in [-0.3, -0.25) is 9.78 Å². The molecule has 0 bridgehead atoms. The Hall–Kier alpha value is -2.53. The lowest BCUT2D eigenvalue weighted by Gasteiger charge is -2.10. The fourth-order valence-corrected chi connectivity index (χ4v) is 2.20. The predicted molar refractivity (Wildman–Crippen MR) is 77.2 cm³/mol. The Balaban J connectivity index is 2.10. The van der Waals surface area contributed by atoms with Crippen molar-refractivity contribution in [2.75, 3.05) is 0 Å². The van der Waals surface area contributed by atoms with Crippen LogP contribution in [0.1, 0.15) is 11.3 Å². The van der Waals surface area contributed by atoms with E-state index in [0.29, 0.717) is 13.1 Å². The molecule has 0 fully saturated rings. The highest BCUT2D eigenvalue weighted by molar-refractivity contribution is 5.74. The van der Waals surface area contributed by atoms with Crippen LogP contribution < -0.4 is 11.3 Å². The largest absolute Gasteiger partial charge is 0.325 e. The first kappa shape index (κ1) is 12.5. The first-order valence-electron chi connectivity index (χ1n) is 6.36. The van der Waals surface area contributed by atoms with E-state index >= 15 is 0 Å². The summed E-state index contributed by atoms with van der Waals surface area (Å²) < 4.78 is 1.71. The Morgan fingerprint density at radius 1 is 1.15 bits per heavy atom. The van der Waals surface area contributed by atoms with Crippen molar-refractivity contribution >= 4 is 11.0 Å². The highest BCUT2D eigenvalue weighted by Gasteiger charge is 2.05. The Bertz CT molecular complexity index is 810. The van der Waals surface area contributed by atoms with E-state index in [1.165, 1.54) is 6.20 Å². The maximum atomic E-state index is 12.1. The van der Waals surface area contributed by atoms with E-state index in [4.69, 9.17) is 5.73 Å². The molecule has 5 heteroatoms. The average Bonchev–Trinajstić information content (AvgIpc) is 2.50. The molecular weight excluding hydrogens is 252 g/mol. The molecule has 0 saturated carbocycles. The lowest BCUT2D eigenvalue weighted by Crippen LogP contribution is -2.21. The third-order valence-electron chi connectivity index (χ3n) is 3.18. The van der Waals surface area contributed by atoms with Crippen molar-refractivity contribution in [2.24, 2.45) is 5.73 Å². The van der Waals surface area contributed by atoms with Crippen molar-refractivity contribution in [3.63, 3.8) is 0 Å². The van der Waals surface area contributed by atoms with Crippen LogP contribution in [0.3, 0.4) is 0 Å². The number of aromatic nitrogens is 3. The number of rotatable bonds is 3. The van der Waals surface area contributed by atoms with E-state index in [9.17, 15) is 4.79 Å². The number of para-hydroxylation sites is 2. The van der Waals surface area contributed by atoms with E-state index in [2.05, 4.69) is 9.97 Å². The van der Waals surface area contributed by atoms with E-state index in [-0.39, 0.29) is 5.56 Å². The second-order valence-electron chi connectivity index (χ2n) is 4.53. The summed E-state index contributed by atoms with van der Waals surface area (Å²) in [6, 6.07) is 11.4. The van der Waals surface area contributed by atoms with Crippen LogP contribution in [0.5, 0.6) is 0 Å². The molecule has 0 aliphatic rings. The molecule has 0 atom stereocenters. The van der Waals surface area contributed by atoms with Gasteiger partial charge in [-0.2, -0.15) is 0 Å². The monoisotopic (exact) mass is 266 g/mol. The summed E-state index contributed by atoms with van der Waals surface area (Å²) in [7, 11) is 0. The summed E-state index contributed by atoms with van der Waals surface area (Å²) in [5.41, 5.74) is 8.92. The lowest BCUT2D eigenvalue weighted by atomic mass is 10.2. The Kier molecular flexibility index (Phi) is 3.26. The molecule has 0 saturated heterocycles. The van der Waals surface area contributed by atoms with Crippen molar-refractivity contribution in [1.82, 2.24) is 14.5 Å². The minimum absolute atomic E-state index is 0.116. The van der Waals surface area contributed by atoms with Crippen LogP contribution in [0.4, 0.5) is 0 Å². The van der Waals surface area contributed by atoms with Gasteiger partial charge < -0.3 is 10.3 Å². The first-order chi connectivity index (χ1) is 9.78. The number of pyridine rings is 1. The van der Waals surface area contributed by atoms with Crippen LogP contribution in [-0.4, -0.2) is 14.5 Å². The van der Waals surface area contributed by atoms with Gasteiger partial charge in [-0.1, -0.05) is 12.1 Å². The molecule has 0 unspecified atom stereocenters. The van der Waals surface area contributed by atoms with Gasteiger partial charge in [0.1, 0.15) is 0 Å². The first-order valence-corrected chi connectivity index (χ1v) is 6.36. The molecule has 1 aromatic carbocycles. The summed E-state index contributed by atoms with van der Waals surface area (Å²) in [4.78, 5) is 20.4. The molecule has 5 nitrogen and oxygen atoms in total. The maximum Gasteiger partial charge on any atom is 0.269 e. The molecule has 2 aromatic heterocycles. The Morgan fingerprint density at radius 2 is 2.00 bits per heavy atom. The molecule has 0 spiro atoms. The fraction of sp³-hybridized carbons (Fsp3) is 0.133. The predicted octanol–water partition coefficient (Wildman–Crippen LogP) is 1.30. The highest BCUT2D eigenvalue weighted by Crippen LogP contribution is 2.11. The van der Waals surface area contributed by atoms with Crippen molar-refractivity contribution in [3.8, 4) is 0 Å². The zero-order valence-corrected chi connectivity index (χ0v) is 10.9. The summed E-state index contributed by atoms with van der Waals surface area (Å²) in [5.74, 6) is 0. The SMILES string of the molecule is NCc1cc(Cn2c(=O)cnc3ccccc32)ccn1. The molecular formula is C15H14N4O. The molecule has 0 aliphatic carbocycles. The summed E-state index contributed by atoms with van der Waals surface area (Å²) in [5, 5.41) is 0. The van der Waals surface area contributed by atoms with Gasteiger partial charge in [-0.05, 0) is 29.8 Å². The third-order valence-corrected chi connectivity index (χ3v) is 3.18. The number of nitrogens with two attached hydrogens (primary N) is 1. The molecule has 3 aromatic rings. The van der Waals surface area contributed by atoms with E-state index in [1.807, 2.05) is 36.4 Å². The van der Waals surface area contributed by atoms with E-state index in [1.54, 1.807) is 10.8 Å². The zero-order valence-electron chi connectivity index (χ0n) is 10.9. The van der Waals surface area contributed by atoms with Crippen LogP contribution in [-0.2, 0) is 13.1 Å². The number of fused-ring (bicyclic) bond motifs is 1. The molecule has 2 N–H and O–H groups in total. The molecule has 2 heterocycles. The van der Waals surface area contributed by atoms with Gasteiger partial charge in [0, 0.05) is 12.7 Å². The zero-order chi connectivity index (χ0) is 13.9. The van der Waals surface area contributed by atoms with Crippen LogP contribution in [0.15, 0.2) is 53.6 Å². The van der Waals surface area contributed by atoms with Crippen LogP contribution in [0, 0.1) is 0 Å². The molecule has 100 valence electrons. The summed E-state index contributed by atoms with van der Waals surface area (Å²) in [6.07, 6.45) is 3.07. The van der Waals surface area contributed by atoms with Crippen molar-refractivity contribution in [1.29, 1.82) is 0 Å². The van der Waals surface area contributed by atoms with Gasteiger partial charge >= 0.3 is 0 Å². The normalized spacial score (nSPS) is 10.8. The molecule has 0 radical (unpaired) electrons. The number of nitrogens with zero attached hydrogens (tertiary/aromatic N) is 3. The quantitative estimate of drug-likeness (QED) is 0.775. The number of benzene rings is 1. The molecule has 0 amide bonds. The summed E-state index contributed by atoms with van der Waals surface area (Å²) >= 11 is 0. The fourth-order valence-electron chi connectivity index (χ4n) is 2.20. The van der Waals surface area contributed by atoms with Gasteiger partial charge in [-0.15, -0.1) is 0 Å². The minimum atomic E-state index is -0.116. The van der Waals surface area contributed by atoms with Gasteiger partial charge in [0.25, 0.3) is 5.56 Å². The van der Waals surface area contributed by atoms with Gasteiger partial charge in [-0.25, -0.2) is 4.98 Å². The van der Waals surface area contributed by atoms with Crippen LogP contribution >= 0.6 is 0 Å². The maximum absolute atomic E-state index is 12.1. The van der Waals surface area contributed by atoms with Crippen molar-refractivity contribution in [3.05, 3.63) is 70.4 Å². The van der Waals surface area contributed by atoms with Gasteiger partial charge in [0.2, 0.25) is 0 Å². The van der Waals surface area contributed by atoms with E-state index < -0.39 is 0 Å². The third kappa shape index (κ3) is 2.31. The van der Waals surface area contributed by atoms with Crippen LogP contribution in [0.2, 0.25) is 0 Å². The Morgan fingerprint density at radius 3 is 2.85 bits per heavy atom. The topological polar surface area (TPSA) is 73.8 Å². The van der Waals surface area contributed by atoms with Crippen molar-refractivity contribution in [2.45, 2.75) is 13.1 Å². The van der Waals surface area contributed by atoms with Crippen LogP contribution in [0.25, 0.3) is 11.0 Å². The molecule has 3 rings (SSSR count). The summed E-state index contributed by atoms with van der Waals surface area (Å²) in [6.45, 7) is 0.872. The van der Waals surface area contributed by atoms with Gasteiger partial charge in [0.05, 0.1) is 29.5 Å². The minimum Gasteiger partial charge on any atom is -0.325 e. The standard InChI is InChI=1S/C15H14N4O/c16-8-12-7-11(5-6-17-12)10-19-14-4-2-1-3-13(14)18-9-15(19)20/h1-7,9H,8,10,16H2. The molecule has 0 aliphatic heterocycles. The van der Waals surface area contributed by atoms with E-state index in [0.717, 1.165) is 22.3 Å². The highest BCUT2D eigenvalue weighted by atomic mass is 16.1. The van der Waals surface area contributed by atoms with Crippen molar-refractivity contribution < 1.29 is 0 Å². The second-order valence-corrected chi connectivity index (χ2v) is 4.53. The number of hydrogen-bond acceptors (Lipinski definition) is 4. The smallest absolute Gasteiger partial charge is 0.269 e. The average molecular weight is 266 g/mol. The lowest BCUT2D eigenvalue weighted by molar-refractivity contribution is 0.782. The second kappa shape index (κ2) is 5.22. The Labute approximate surface area is 115 Å².